The van der Waals surface area contributed by atoms with E-state index in [4.69, 9.17) is 34.7 Å². The predicted molar refractivity (Wildman–Crippen MR) is 108 cm³/mol. The van der Waals surface area contributed by atoms with Crippen LogP contribution in [-0.4, -0.2) is 16.5 Å². The predicted octanol–water partition coefficient (Wildman–Crippen LogP) is 4.15. The van der Waals surface area contributed by atoms with Gasteiger partial charge in [-0.3, -0.25) is 0 Å². The Balaban J connectivity index is 1.77. The summed E-state index contributed by atoms with van der Waals surface area (Å²) in [4.78, 5) is 8.58. The van der Waals surface area contributed by atoms with E-state index in [0.717, 1.165) is 22.6 Å². The number of aromatic nitrogens is 2. The molecule has 7 heteroatoms. The molecule has 134 valence electrons. The maximum atomic E-state index is 6.13. The van der Waals surface area contributed by atoms with Crippen molar-refractivity contribution >= 4 is 35.0 Å². The average molecular weight is 388 g/mol. The first-order valence-corrected chi connectivity index (χ1v) is 8.92. The molecular formula is C19H19Cl2N5. The molecule has 0 atom stereocenters. The molecule has 5 nitrogen and oxygen atoms in total. The number of anilines is 2. The van der Waals surface area contributed by atoms with Gasteiger partial charge >= 0.3 is 0 Å². The Kier molecular flexibility index (Phi) is 5.93. The van der Waals surface area contributed by atoms with Gasteiger partial charge in [0.1, 0.15) is 5.82 Å². The lowest BCUT2D eigenvalue weighted by atomic mass is 10.0. The van der Waals surface area contributed by atoms with E-state index in [1.807, 2.05) is 48.5 Å². The van der Waals surface area contributed by atoms with Gasteiger partial charge in [-0.2, -0.15) is 4.98 Å². The SMILES string of the molecule is NCc1ccc(Cl)cc1-c1cc(NCCc2ccc(Cl)cc2)nc(N)n1. The Morgan fingerprint density at radius 3 is 2.38 bits per heavy atom. The van der Waals surface area contributed by atoms with Gasteiger partial charge in [0, 0.05) is 34.8 Å². The summed E-state index contributed by atoms with van der Waals surface area (Å²) in [5.74, 6) is 0.851. The topological polar surface area (TPSA) is 89.8 Å². The molecule has 26 heavy (non-hydrogen) atoms. The van der Waals surface area contributed by atoms with Gasteiger partial charge in [-0.25, -0.2) is 4.98 Å². The molecule has 1 heterocycles. The average Bonchev–Trinajstić information content (AvgIpc) is 2.63. The number of rotatable bonds is 6. The Morgan fingerprint density at radius 1 is 0.923 bits per heavy atom. The highest BCUT2D eigenvalue weighted by molar-refractivity contribution is 6.31. The summed E-state index contributed by atoms with van der Waals surface area (Å²) >= 11 is 12.0. The van der Waals surface area contributed by atoms with Crippen molar-refractivity contribution in [3.05, 3.63) is 69.7 Å². The van der Waals surface area contributed by atoms with Crippen molar-refractivity contribution < 1.29 is 0 Å². The van der Waals surface area contributed by atoms with Crippen LogP contribution in [0.25, 0.3) is 11.3 Å². The highest BCUT2D eigenvalue weighted by Gasteiger charge is 2.10. The summed E-state index contributed by atoms with van der Waals surface area (Å²) in [6.07, 6.45) is 0.835. The first kappa shape index (κ1) is 18.5. The molecule has 3 rings (SSSR count). The van der Waals surface area contributed by atoms with Crippen LogP contribution in [-0.2, 0) is 13.0 Å². The maximum absolute atomic E-state index is 6.13. The van der Waals surface area contributed by atoms with Gasteiger partial charge in [-0.1, -0.05) is 41.4 Å². The number of hydrogen-bond acceptors (Lipinski definition) is 5. The number of hydrogen-bond donors (Lipinski definition) is 3. The lowest BCUT2D eigenvalue weighted by Gasteiger charge is -2.11. The van der Waals surface area contributed by atoms with Crippen LogP contribution >= 0.6 is 23.2 Å². The van der Waals surface area contributed by atoms with Crippen LogP contribution in [0.2, 0.25) is 10.0 Å². The molecule has 0 amide bonds. The number of nitrogens with two attached hydrogens (primary N) is 2. The molecule has 0 aliphatic carbocycles. The molecule has 0 fully saturated rings. The molecule has 0 aliphatic rings. The van der Waals surface area contributed by atoms with E-state index >= 15 is 0 Å². The maximum Gasteiger partial charge on any atom is 0.222 e. The quantitative estimate of drug-likeness (QED) is 0.590. The van der Waals surface area contributed by atoms with E-state index in [-0.39, 0.29) is 5.95 Å². The van der Waals surface area contributed by atoms with Gasteiger partial charge in [-0.15, -0.1) is 0 Å². The van der Waals surface area contributed by atoms with Crippen molar-refractivity contribution in [1.29, 1.82) is 0 Å². The molecule has 2 aromatic carbocycles. The van der Waals surface area contributed by atoms with Crippen LogP contribution in [0.1, 0.15) is 11.1 Å². The van der Waals surface area contributed by atoms with E-state index < -0.39 is 0 Å². The molecule has 0 saturated carbocycles. The largest absolute Gasteiger partial charge is 0.370 e. The summed E-state index contributed by atoms with van der Waals surface area (Å²) in [5.41, 5.74) is 15.4. The molecule has 3 aromatic rings. The van der Waals surface area contributed by atoms with Crippen LogP contribution < -0.4 is 16.8 Å². The van der Waals surface area contributed by atoms with Crippen LogP contribution in [0, 0.1) is 0 Å². The van der Waals surface area contributed by atoms with Gasteiger partial charge in [0.15, 0.2) is 0 Å². The molecule has 0 saturated heterocycles. The second kappa shape index (κ2) is 8.36. The zero-order chi connectivity index (χ0) is 18.5. The Bertz CT molecular complexity index is 897. The third-order valence-electron chi connectivity index (χ3n) is 3.94. The van der Waals surface area contributed by atoms with Crippen LogP contribution in [0.4, 0.5) is 11.8 Å². The molecule has 5 N–H and O–H groups in total. The number of benzene rings is 2. The second-order valence-electron chi connectivity index (χ2n) is 5.81. The fraction of sp³-hybridized carbons (Fsp3) is 0.158. The van der Waals surface area contributed by atoms with Crippen LogP contribution in [0.3, 0.4) is 0 Å². The lowest BCUT2D eigenvalue weighted by Crippen LogP contribution is -2.09. The monoisotopic (exact) mass is 387 g/mol. The van der Waals surface area contributed by atoms with Gasteiger partial charge in [0.05, 0.1) is 5.69 Å². The van der Waals surface area contributed by atoms with Crippen LogP contribution in [0.15, 0.2) is 48.5 Å². The third-order valence-corrected chi connectivity index (χ3v) is 4.43. The molecule has 0 aliphatic heterocycles. The van der Waals surface area contributed by atoms with Gasteiger partial charge < -0.3 is 16.8 Å². The van der Waals surface area contributed by atoms with Crippen molar-refractivity contribution in [3.8, 4) is 11.3 Å². The second-order valence-corrected chi connectivity index (χ2v) is 6.68. The Hall–Kier alpha value is -2.34. The zero-order valence-corrected chi connectivity index (χ0v) is 15.6. The fourth-order valence-corrected chi connectivity index (χ4v) is 2.94. The zero-order valence-electron chi connectivity index (χ0n) is 14.0. The summed E-state index contributed by atoms with van der Waals surface area (Å²) in [6, 6.07) is 15.2. The summed E-state index contributed by atoms with van der Waals surface area (Å²) in [5, 5.41) is 4.63. The molecule has 0 unspecified atom stereocenters. The molecular weight excluding hydrogens is 369 g/mol. The smallest absolute Gasteiger partial charge is 0.222 e. The van der Waals surface area contributed by atoms with Crippen molar-refractivity contribution in [1.82, 2.24) is 9.97 Å². The molecule has 1 aromatic heterocycles. The van der Waals surface area contributed by atoms with Crippen molar-refractivity contribution in [3.63, 3.8) is 0 Å². The summed E-state index contributed by atoms with van der Waals surface area (Å²) < 4.78 is 0. The summed E-state index contributed by atoms with van der Waals surface area (Å²) in [6.45, 7) is 1.09. The Labute approximate surface area is 162 Å². The van der Waals surface area contributed by atoms with Gasteiger partial charge in [0.25, 0.3) is 0 Å². The van der Waals surface area contributed by atoms with E-state index in [1.165, 1.54) is 5.56 Å². The minimum Gasteiger partial charge on any atom is -0.370 e. The Morgan fingerprint density at radius 2 is 1.65 bits per heavy atom. The minimum atomic E-state index is 0.194. The van der Waals surface area contributed by atoms with E-state index in [2.05, 4.69) is 15.3 Å². The first-order chi connectivity index (χ1) is 12.5. The first-order valence-electron chi connectivity index (χ1n) is 8.17. The van der Waals surface area contributed by atoms with Gasteiger partial charge in [0.2, 0.25) is 5.95 Å². The van der Waals surface area contributed by atoms with E-state index in [0.29, 0.717) is 29.6 Å². The number of nitrogens with one attached hydrogen (secondary N) is 1. The standard InChI is InChI=1S/C19H19Cl2N5/c20-14-4-1-12(2-5-14)7-8-24-18-10-17(25-19(23)26-18)16-9-15(21)6-3-13(16)11-22/h1-6,9-10H,7-8,11,22H2,(H3,23,24,25,26). The summed E-state index contributed by atoms with van der Waals surface area (Å²) in [7, 11) is 0. The van der Waals surface area contributed by atoms with Crippen molar-refractivity contribution in [2.45, 2.75) is 13.0 Å². The van der Waals surface area contributed by atoms with E-state index in [9.17, 15) is 0 Å². The lowest BCUT2D eigenvalue weighted by molar-refractivity contribution is 1.00. The molecule has 0 bridgehead atoms. The van der Waals surface area contributed by atoms with E-state index in [1.54, 1.807) is 0 Å². The number of nitrogens with zero attached hydrogens (tertiary/aromatic N) is 2. The normalized spacial score (nSPS) is 10.7. The fourth-order valence-electron chi connectivity index (χ4n) is 2.65. The molecule has 0 radical (unpaired) electrons. The minimum absolute atomic E-state index is 0.194. The highest BCUT2D eigenvalue weighted by atomic mass is 35.5. The molecule has 0 spiro atoms. The van der Waals surface area contributed by atoms with Crippen molar-refractivity contribution in [2.24, 2.45) is 5.73 Å². The third kappa shape index (κ3) is 4.64. The van der Waals surface area contributed by atoms with Crippen LogP contribution in [0.5, 0.6) is 0 Å². The highest BCUT2D eigenvalue weighted by Crippen LogP contribution is 2.27. The van der Waals surface area contributed by atoms with Gasteiger partial charge in [-0.05, 0) is 41.8 Å². The number of halogens is 2. The van der Waals surface area contributed by atoms with Crippen molar-refractivity contribution in [2.75, 3.05) is 17.6 Å². The number of nitrogen functional groups attached to an aromatic ring is 1.